The van der Waals surface area contributed by atoms with Gasteiger partial charge in [-0.1, -0.05) is 25.1 Å². The fourth-order valence-electron chi connectivity index (χ4n) is 1.41. The molecule has 62 valence electrons. The van der Waals surface area contributed by atoms with Gasteiger partial charge in [-0.3, -0.25) is 0 Å². The summed E-state index contributed by atoms with van der Waals surface area (Å²) in [6.07, 6.45) is 4.47. The van der Waals surface area contributed by atoms with Gasteiger partial charge in [0.25, 0.3) is 0 Å². The summed E-state index contributed by atoms with van der Waals surface area (Å²) in [5.74, 6) is 0.593. The van der Waals surface area contributed by atoms with Gasteiger partial charge < -0.3 is 0 Å². The lowest BCUT2D eigenvalue weighted by Crippen LogP contribution is -1.88. The largest absolute Gasteiger partial charge is 0.144 e. The Hall–Kier alpha value is -0.0900. The van der Waals surface area contributed by atoms with E-state index in [1.54, 1.807) is 0 Å². The SMILES string of the molecule is CC1C=CC(I)=C1c1cccs1. The highest BCUT2D eigenvalue weighted by Gasteiger charge is 2.16. The van der Waals surface area contributed by atoms with Crippen molar-refractivity contribution in [3.05, 3.63) is 38.1 Å². The molecule has 1 aliphatic rings. The first-order valence-corrected chi connectivity index (χ1v) is 5.86. The van der Waals surface area contributed by atoms with Crippen molar-refractivity contribution in [2.75, 3.05) is 0 Å². The Kier molecular flexibility index (Phi) is 2.37. The van der Waals surface area contributed by atoms with Crippen molar-refractivity contribution < 1.29 is 0 Å². The Bertz CT molecular complexity index is 333. The Morgan fingerprint density at radius 3 is 2.83 bits per heavy atom. The molecule has 2 rings (SSSR count). The summed E-state index contributed by atoms with van der Waals surface area (Å²) in [5.41, 5.74) is 1.49. The predicted molar refractivity (Wildman–Crippen MR) is 63.6 cm³/mol. The van der Waals surface area contributed by atoms with Crippen LogP contribution in [-0.4, -0.2) is 0 Å². The number of hydrogen-bond donors (Lipinski definition) is 0. The van der Waals surface area contributed by atoms with E-state index in [0.717, 1.165) is 0 Å². The lowest BCUT2D eigenvalue weighted by atomic mass is 10.0. The summed E-state index contributed by atoms with van der Waals surface area (Å²) in [7, 11) is 0. The average molecular weight is 288 g/mol. The topological polar surface area (TPSA) is 0 Å². The lowest BCUT2D eigenvalue weighted by molar-refractivity contribution is 0.985. The third kappa shape index (κ3) is 1.38. The molecule has 1 aromatic rings. The second-order valence-corrected chi connectivity index (χ2v) is 5.00. The summed E-state index contributed by atoms with van der Waals surface area (Å²) >= 11 is 4.23. The predicted octanol–water partition coefficient (Wildman–Crippen LogP) is 4.10. The van der Waals surface area contributed by atoms with E-state index in [2.05, 4.69) is 59.2 Å². The molecule has 0 radical (unpaired) electrons. The molecule has 0 N–H and O–H groups in total. The molecule has 1 aromatic heterocycles. The summed E-state index contributed by atoms with van der Waals surface area (Å²) < 4.78 is 1.39. The van der Waals surface area contributed by atoms with E-state index in [9.17, 15) is 0 Å². The van der Waals surface area contributed by atoms with Crippen molar-refractivity contribution in [3.63, 3.8) is 0 Å². The Morgan fingerprint density at radius 2 is 2.33 bits per heavy atom. The monoisotopic (exact) mass is 288 g/mol. The van der Waals surface area contributed by atoms with E-state index in [-0.39, 0.29) is 0 Å². The molecule has 1 atom stereocenters. The molecule has 0 aromatic carbocycles. The molecule has 0 saturated heterocycles. The first-order chi connectivity index (χ1) is 5.79. The minimum atomic E-state index is 0.593. The van der Waals surface area contributed by atoms with Gasteiger partial charge in [0.05, 0.1) is 0 Å². The Labute approximate surface area is 90.1 Å². The van der Waals surface area contributed by atoms with E-state index in [1.165, 1.54) is 14.0 Å². The van der Waals surface area contributed by atoms with Crippen molar-refractivity contribution in [1.29, 1.82) is 0 Å². The van der Waals surface area contributed by atoms with Crippen LogP contribution in [0.1, 0.15) is 11.8 Å². The maximum absolute atomic E-state index is 2.41. The van der Waals surface area contributed by atoms with E-state index >= 15 is 0 Å². The van der Waals surface area contributed by atoms with Crippen LogP contribution in [0, 0.1) is 5.92 Å². The average Bonchev–Trinajstić information content (AvgIpc) is 2.61. The van der Waals surface area contributed by atoms with Crippen LogP contribution >= 0.6 is 33.9 Å². The second-order valence-electron chi connectivity index (χ2n) is 2.89. The van der Waals surface area contributed by atoms with E-state index < -0.39 is 0 Å². The van der Waals surface area contributed by atoms with E-state index in [0.29, 0.717) is 5.92 Å². The maximum Gasteiger partial charge on any atom is 0.0318 e. The number of halogens is 1. The normalized spacial score (nSPS) is 22.3. The van der Waals surface area contributed by atoms with Crippen molar-refractivity contribution >= 4 is 39.5 Å². The summed E-state index contributed by atoms with van der Waals surface area (Å²) in [4.78, 5) is 1.41. The van der Waals surface area contributed by atoms with Crippen molar-refractivity contribution in [2.24, 2.45) is 5.92 Å². The quantitative estimate of drug-likeness (QED) is 0.682. The fraction of sp³-hybridized carbons (Fsp3) is 0.200. The van der Waals surface area contributed by atoms with Crippen molar-refractivity contribution in [3.8, 4) is 0 Å². The van der Waals surface area contributed by atoms with Gasteiger partial charge in [-0.2, -0.15) is 0 Å². The first-order valence-electron chi connectivity index (χ1n) is 3.91. The van der Waals surface area contributed by atoms with Gasteiger partial charge in [0.1, 0.15) is 0 Å². The van der Waals surface area contributed by atoms with E-state index in [1.807, 2.05) is 11.3 Å². The van der Waals surface area contributed by atoms with Crippen LogP contribution in [0.2, 0.25) is 0 Å². The van der Waals surface area contributed by atoms with Crippen LogP contribution in [0.3, 0.4) is 0 Å². The zero-order chi connectivity index (χ0) is 8.55. The minimum absolute atomic E-state index is 0.593. The van der Waals surface area contributed by atoms with Crippen LogP contribution in [0.25, 0.3) is 5.57 Å². The molecule has 2 heteroatoms. The minimum Gasteiger partial charge on any atom is -0.144 e. The molecule has 1 heterocycles. The molecule has 0 fully saturated rings. The summed E-state index contributed by atoms with van der Waals surface area (Å²) in [5, 5.41) is 2.14. The zero-order valence-electron chi connectivity index (χ0n) is 6.75. The molecule has 0 bridgehead atoms. The summed E-state index contributed by atoms with van der Waals surface area (Å²) in [6.45, 7) is 2.25. The van der Waals surface area contributed by atoms with Gasteiger partial charge in [-0.05, 0) is 39.6 Å². The number of hydrogen-bond acceptors (Lipinski definition) is 1. The number of thiophene rings is 1. The molecule has 1 aliphatic carbocycles. The second kappa shape index (κ2) is 3.34. The Morgan fingerprint density at radius 1 is 1.50 bits per heavy atom. The highest BCUT2D eigenvalue weighted by atomic mass is 127. The van der Waals surface area contributed by atoms with Gasteiger partial charge in [0.15, 0.2) is 0 Å². The standard InChI is InChI=1S/C10H9IS/c1-7-4-5-8(11)10(7)9-3-2-6-12-9/h2-7H,1H3. The summed E-state index contributed by atoms with van der Waals surface area (Å²) in [6, 6.07) is 4.31. The van der Waals surface area contributed by atoms with Gasteiger partial charge in [0.2, 0.25) is 0 Å². The zero-order valence-corrected chi connectivity index (χ0v) is 9.72. The van der Waals surface area contributed by atoms with Crippen LogP contribution < -0.4 is 0 Å². The lowest BCUT2D eigenvalue weighted by Gasteiger charge is -2.05. The van der Waals surface area contributed by atoms with E-state index in [4.69, 9.17) is 0 Å². The van der Waals surface area contributed by atoms with Gasteiger partial charge in [0, 0.05) is 14.4 Å². The first kappa shape index (κ1) is 8.51. The molecule has 0 aliphatic heterocycles. The van der Waals surface area contributed by atoms with Crippen LogP contribution in [0.5, 0.6) is 0 Å². The molecular formula is C10H9IS. The molecular weight excluding hydrogens is 279 g/mol. The molecule has 0 spiro atoms. The Balaban J connectivity index is 2.43. The van der Waals surface area contributed by atoms with Crippen molar-refractivity contribution in [2.45, 2.75) is 6.92 Å². The van der Waals surface area contributed by atoms with Crippen LogP contribution in [0.15, 0.2) is 33.2 Å². The van der Waals surface area contributed by atoms with Crippen molar-refractivity contribution in [1.82, 2.24) is 0 Å². The molecule has 0 nitrogen and oxygen atoms in total. The third-order valence-corrected chi connectivity index (χ3v) is 3.87. The smallest absolute Gasteiger partial charge is 0.0318 e. The van der Waals surface area contributed by atoms with Crippen LogP contribution in [0.4, 0.5) is 0 Å². The number of allylic oxidation sites excluding steroid dienone is 4. The molecule has 0 amide bonds. The van der Waals surface area contributed by atoms with Gasteiger partial charge in [-0.25, -0.2) is 0 Å². The third-order valence-electron chi connectivity index (χ3n) is 2.03. The maximum atomic E-state index is 2.41. The molecule has 0 saturated carbocycles. The van der Waals surface area contributed by atoms with Gasteiger partial charge >= 0.3 is 0 Å². The molecule has 1 unspecified atom stereocenters. The molecule has 12 heavy (non-hydrogen) atoms. The highest BCUT2D eigenvalue weighted by molar-refractivity contribution is 14.1. The van der Waals surface area contributed by atoms with Crippen LogP contribution in [-0.2, 0) is 0 Å². The highest BCUT2D eigenvalue weighted by Crippen LogP contribution is 2.38. The van der Waals surface area contributed by atoms with Gasteiger partial charge in [-0.15, -0.1) is 11.3 Å². The fourth-order valence-corrected chi connectivity index (χ4v) is 3.46. The number of rotatable bonds is 1.